The first-order chi connectivity index (χ1) is 18.4. The van der Waals surface area contributed by atoms with Crippen molar-refractivity contribution in [2.24, 2.45) is 11.5 Å². The van der Waals surface area contributed by atoms with E-state index >= 15 is 0 Å². The van der Waals surface area contributed by atoms with Crippen LogP contribution in [0.3, 0.4) is 0 Å². The SMILES string of the molecule is NC(=O)CC(NC(=O)C(N)Cc1ccc(O)cc1)C(=O)NC(Cc1ccc(O)cc1)C(=O)NC(CS)C(=O)O. The fourth-order valence-corrected chi connectivity index (χ4v) is 3.72. The van der Waals surface area contributed by atoms with Gasteiger partial charge in [0.25, 0.3) is 0 Å². The molecule has 2 aromatic rings. The minimum Gasteiger partial charge on any atom is -0.508 e. The number of nitrogens with two attached hydrogens (primary N) is 2. The van der Waals surface area contributed by atoms with Crippen LogP contribution in [-0.2, 0) is 36.8 Å². The number of primary amides is 1. The molecule has 39 heavy (non-hydrogen) atoms. The molecule has 0 aliphatic rings. The zero-order valence-corrected chi connectivity index (χ0v) is 21.6. The minimum atomic E-state index is -1.49. The number of rotatable bonds is 14. The van der Waals surface area contributed by atoms with Crippen molar-refractivity contribution < 1.29 is 39.3 Å². The fraction of sp³-hybridized carbons (Fsp3) is 0.320. The maximum absolute atomic E-state index is 13.1. The van der Waals surface area contributed by atoms with Crippen LogP contribution in [0.15, 0.2) is 48.5 Å². The Bertz CT molecular complexity index is 1180. The summed E-state index contributed by atoms with van der Waals surface area (Å²) in [5, 5.41) is 35.3. The van der Waals surface area contributed by atoms with Crippen LogP contribution in [0.1, 0.15) is 17.5 Å². The molecule has 4 amide bonds. The molecule has 0 radical (unpaired) electrons. The molecule has 4 atom stereocenters. The third-order valence-corrected chi connectivity index (χ3v) is 5.94. The van der Waals surface area contributed by atoms with Gasteiger partial charge in [0.05, 0.1) is 12.5 Å². The predicted octanol–water partition coefficient (Wildman–Crippen LogP) is -1.45. The lowest BCUT2D eigenvalue weighted by atomic mass is 10.0. The predicted molar refractivity (Wildman–Crippen MR) is 143 cm³/mol. The van der Waals surface area contributed by atoms with Crippen LogP contribution in [-0.4, -0.2) is 74.8 Å². The van der Waals surface area contributed by atoms with Crippen molar-refractivity contribution in [3.8, 4) is 11.5 Å². The largest absolute Gasteiger partial charge is 0.508 e. The zero-order chi connectivity index (χ0) is 29.1. The maximum Gasteiger partial charge on any atom is 0.327 e. The van der Waals surface area contributed by atoms with Gasteiger partial charge in [-0.1, -0.05) is 24.3 Å². The lowest BCUT2D eigenvalue weighted by Gasteiger charge is -2.24. The summed E-state index contributed by atoms with van der Waals surface area (Å²) in [7, 11) is 0. The highest BCUT2D eigenvalue weighted by Gasteiger charge is 2.31. The number of nitrogens with one attached hydrogen (secondary N) is 3. The van der Waals surface area contributed by atoms with Crippen LogP contribution in [0.5, 0.6) is 11.5 Å². The topological polar surface area (TPSA) is 234 Å². The van der Waals surface area contributed by atoms with Crippen molar-refractivity contribution in [1.29, 1.82) is 0 Å². The fourth-order valence-electron chi connectivity index (χ4n) is 3.47. The molecule has 2 aromatic carbocycles. The summed E-state index contributed by atoms with van der Waals surface area (Å²) >= 11 is 3.91. The molecule has 13 nitrogen and oxygen atoms in total. The van der Waals surface area contributed by atoms with Gasteiger partial charge in [0.15, 0.2) is 0 Å². The van der Waals surface area contributed by atoms with Gasteiger partial charge in [-0.15, -0.1) is 0 Å². The third kappa shape index (κ3) is 10.2. The van der Waals surface area contributed by atoms with E-state index < -0.39 is 60.2 Å². The molecule has 0 aliphatic carbocycles. The zero-order valence-electron chi connectivity index (χ0n) is 20.7. The van der Waals surface area contributed by atoms with Gasteiger partial charge in [0.2, 0.25) is 23.6 Å². The average Bonchev–Trinajstić information content (AvgIpc) is 2.88. The monoisotopic (exact) mass is 561 g/mol. The quantitative estimate of drug-likeness (QED) is 0.123. The number of aliphatic carboxylic acids is 1. The van der Waals surface area contributed by atoms with E-state index in [1.165, 1.54) is 36.4 Å². The molecule has 210 valence electrons. The first-order valence-electron chi connectivity index (χ1n) is 11.7. The lowest BCUT2D eigenvalue weighted by Crippen LogP contribution is -2.58. The summed E-state index contributed by atoms with van der Waals surface area (Å²) in [5.74, 6) is -5.03. The Kier molecular flexibility index (Phi) is 11.6. The van der Waals surface area contributed by atoms with E-state index in [-0.39, 0.29) is 30.1 Å². The van der Waals surface area contributed by atoms with Gasteiger partial charge in [0, 0.05) is 12.2 Å². The number of thiol groups is 1. The molecule has 0 bridgehead atoms. The number of benzene rings is 2. The lowest BCUT2D eigenvalue weighted by molar-refractivity contribution is -0.141. The van der Waals surface area contributed by atoms with Gasteiger partial charge in [-0.25, -0.2) is 4.79 Å². The van der Waals surface area contributed by atoms with Crippen LogP contribution < -0.4 is 27.4 Å². The molecule has 0 fully saturated rings. The van der Waals surface area contributed by atoms with Crippen LogP contribution >= 0.6 is 12.6 Å². The van der Waals surface area contributed by atoms with E-state index in [2.05, 4.69) is 28.6 Å². The Hall–Kier alpha value is -4.30. The molecular formula is C25H31N5O8S. The van der Waals surface area contributed by atoms with Crippen molar-refractivity contribution in [1.82, 2.24) is 16.0 Å². The number of phenols is 2. The summed E-state index contributed by atoms with van der Waals surface area (Å²) in [4.78, 5) is 61.8. The Morgan fingerprint density at radius 3 is 1.62 bits per heavy atom. The van der Waals surface area contributed by atoms with E-state index in [0.29, 0.717) is 11.1 Å². The molecule has 0 aliphatic heterocycles. The molecular weight excluding hydrogens is 530 g/mol. The standard InChI is InChI=1S/C25H31N5O8S/c26-17(9-13-1-5-15(31)6-2-13)22(34)28-19(11-21(27)33)24(36)29-18(10-14-3-7-16(32)8-4-14)23(35)30-20(12-39)25(37)38/h1-8,17-20,31-32,39H,9-12,26H2,(H2,27,33)(H,28,34)(H,29,36)(H,30,35)(H,37,38). The number of carboxylic acids is 1. The van der Waals surface area contributed by atoms with Crippen molar-refractivity contribution in [2.75, 3.05) is 5.75 Å². The normalized spacial score (nSPS) is 13.8. The molecule has 0 saturated heterocycles. The first-order valence-corrected chi connectivity index (χ1v) is 12.4. The van der Waals surface area contributed by atoms with Gasteiger partial charge < -0.3 is 42.7 Å². The maximum atomic E-state index is 13.1. The Morgan fingerprint density at radius 1 is 0.718 bits per heavy atom. The second-order valence-electron chi connectivity index (χ2n) is 8.72. The summed E-state index contributed by atoms with van der Waals surface area (Å²) < 4.78 is 0. The molecule has 4 unspecified atom stereocenters. The third-order valence-electron chi connectivity index (χ3n) is 5.57. The summed E-state index contributed by atoms with van der Waals surface area (Å²) in [6.07, 6.45) is -0.664. The molecule has 10 N–H and O–H groups in total. The molecule has 0 aromatic heterocycles. The van der Waals surface area contributed by atoms with Gasteiger partial charge in [-0.2, -0.15) is 12.6 Å². The van der Waals surface area contributed by atoms with Gasteiger partial charge in [-0.3, -0.25) is 19.2 Å². The Morgan fingerprint density at radius 2 is 1.15 bits per heavy atom. The van der Waals surface area contributed by atoms with Crippen LogP contribution in [0.2, 0.25) is 0 Å². The number of carbonyl (C=O) groups excluding carboxylic acids is 4. The number of carboxylic acid groups (broad SMARTS) is 1. The minimum absolute atomic E-state index is 0.0299. The molecule has 2 rings (SSSR count). The van der Waals surface area contributed by atoms with E-state index in [0.717, 1.165) is 0 Å². The van der Waals surface area contributed by atoms with Crippen molar-refractivity contribution >= 4 is 42.2 Å². The number of hydrogen-bond acceptors (Lipinski definition) is 9. The molecule has 14 heteroatoms. The second kappa shape index (κ2) is 14.6. The molecule has 0 spiro atoms. The highest BCUT2D eigenvalue weighted by Crippen LogP contribution is 2.13. The van der Waals surface area contributed by atoms with E-state index in [1.54, 1.807) is 12.1 Å². The van der Waals surface area contributed by atoms with Crippen LogP contribution in [0.25, 0.3) is 0 Å². The van der Waals surface area contributed by atoms with Gasteiger partial charge >= 0.3 is 5.97 Å². The van der Waals surface area contributed by atoms with Crippen molar-refractivity contribution in [3.63, 3.8) is 0 Å². The molecule has 0 heterocycles. The number of aromatic hydroxyl groups is 2. The highest BCUT2D eigenvalue weighted by atomic mass is 32.1. The Labute approximate surface area is 229 Å². The van der Waals surface area contributed by atoms with Crippen molar-refractivity contribution in [2.45, 2.75) is 43.4 Å². The number of carbonyl (C=O) groups is 5. The van der Waals surface area contributed by atoms with E-state index in [9.17, 15) is 39.3 Å². The van der Waals surface area contributed by atoms with Crippen LogP contribution in [0, 0.1) is 0 Å². The summed E-state index contributed by atoms with van der Waals surface area (Å²) in [5.41, 5.74) is 12.4. The van der Waals surface area contributed by atoms with E-state index in [4.69, 9.17) is 11.5 Å². The number of phenolic OH excluding ortho intramolecular Hbond substituents is 2. The van der Waals surface area contributed by atoms with E-state index in [1.807, 2.05) is 0 Å². The summed E-state index contributed by atoms with van der Waals surface area (Å²) in [6, 6.07) is 6.42. The smallest absolute Gasteiger partial charge is 0.327 e. The second-order valence-corrected chi connectivity index (χ2v) is 9.09. The van der Waals surface area contributed by atoms with Gasteiger partial charge in [-0.05, 0) is 41.8 Å². The van der Waals surface area contributed by atoms with Gasteiger partial charge in [0.1, 0.15) is 29.6 Å². The van der Waals surface area contributed by atoms with Crippen LogP contribution in [0.4, 0.5) is 0 Å². The number of amides is 4. The average molecular weight is 562 g/mol. The summed E-state index contributed by atoms with van der Waals surface area (Å²) in [6.45, 7) is 0. The first kappa shape index (κ1) is 30.9. The Balaban J connectivity index is 2.20. The number of hydrogen-bond donors (Lipinski definition) is 9. The highest BCUT2D eigenvalue weighted by molar-refractivity contribution is 7.80. The molecule has 0 saturated carbocycles. The van der Waals surface area contributed by atoms with Crippen molar-refractivity contribution in [3.05, 3.63) is 59.7 Å².